The second kappa shape index (κ2) is 10.9. The van der Waals surface area contributed by atoms with E-state index >= 15 is 0 Å². The number of fused-ring (bicyclic) bond motifs is 1. The number of nitrogens with one attached hydrogen (secondary N) is 1. The molecule has 3 aromatic carbocycles. The number of cyclic esters (lactones) is 2. The van der Waals surface area contributed by atoms with Crippen LogP contribution in [0.4, 0.5) is 0 Å². The molecule has 202 valence electrons. The number of halogens is 2. The zero-order valence-electron chi connectivity index (χ0n) is 21.6. The minimum atomic E-state index is -1.34. The predicted octanol–water partition coefficient (Wildman–Crippen LogP) is 7.15. The number of benzene rings is 3. The Bertz CT molecular complexity index is 1530. The molecule has 1 aromatic heterocycles. The van der Waals surface area contributed by atoms with Gasteiger partial charge in [0, 0.05) is 47.5 Å². The Morgan fingerprint density at radius 1 is 1.03 bits per heavy atom. The van der Waals surface area contributed by atoms with Gasteiger partial charge in [-0.15, -0.1) is 0 Å². The van der Waals surface area contributed by atoms with Crippen LogP contribution in [0.25, 0.3) is 10.9 Å². The van der Waals surface area contributed by atoms with E-state index in [4.69, 9.17) is 30.5 Å². The van der Waals surface area contributed by atoms with Crippen molar-refractivity contribution >= 4 is 50.4 Å². The highest BCUT2D eigenvalue weighted by molar-refractivity contribution is 9.10. The fourth-order valence-electron chi connectivity index (χ4n) is 4.84. The third-order valence-corrected chi connectivity index (χ3v) is 7.47. The molecule has 7 nitrogen and oxygen atoms in total. The van der Waals surface area contributed by atoms with Crippen LogP contribution in [0.15, 0.2) is 71.3 Å². The fourth-order valence-corrected chi connectivity index (χ4v) is 5.60. The molecule has 0 aliphatic carbocycles. The number of para-hydroxylation sites is 1. The normalized spacial score (nSPS) is 16.0. The van der Waals surface area contributed by atoms with Crippen LogP contribution in [-0.4, -0.2) is 29.3 Å². The molecule has 1 aliphatic heterocycles. The maximum atomic E-state index is 13.3. The van der Waals surface area contributed by atoms with Crippen LogP contribution >= 0.6 is 27.5 Å². The molecule has 0 bridgehead atoms. The van der Waals surface area contributed by atoms with Crippen LogP contribution < -0.4 is 9.47 Å². The number of ether oxygens (including phenoxy) is 4. The van der Waals surface area contributed by atoms with Crippen molar-refractivity contribution < 1.29 is 28.5 Å². The van der Waals surface area contributed by atoms with Gasteiger partial charge in [0.2, 0.25) is 0 Å². The van der Waals surface area contributed by atoms with Gasteiger partial charge in [-0.3, -0.25) is 9.59 Å². The summed E-state index contributed by atoms with van der Waals surface area (Å²) in [7, 11) is 0. The first-order valence-corrected chi connectivity index (χ1v) is 13.7. The highest BCUT2D eigenvalue weighted by Gasteiger charge is 2.49. The summed E-state index contributed by atoms with van der Waals surface area (Å²) in [6.45, 7) is 5.54. The van der Waals surface area contributed by atoms with Crippen molar-refractivity contribution in [1.29, 1.82) is 0 Å². The Balaban J connectivity index is 1.61. The van der Waals surface area contributed by atoms with Crippen molar-refractivity contribution in [2.45, 2.75) is 39.1 Å². The molecule has 1 fully saturated rings. The molecule has 1 saturated heterocycles. The monoisotopic (exact) mass is 611 g/mol. The smallest absolute Gasteiger partial charge is 0.324 e. The summed E-state index contributed by atoms with van der Waals surface area (Å²) in [5, 5.41) is 1.47. The van der Waals surface area contributed by atoms with Gasteiger partial charge in [0.05, 0.1) is 11.1 Å². The second-order valence-corrected chi connectivity index (χ2v) is 10.9. The summed E-state index contributed by atoms with van der Waals surface area (Å²) in [5.41, 5.74) is 3.10. The predicted molar refractivity (Wildman–Crippen MR) is 151 cm³/mol. The van der Waals surface area contributed by atoms with Gasteiger partial charge in [0.15, 0.2) is 17.4 Å². The molecule has 2 heterocycles. The molecule has 0 amide bonds. The van der Waals surface area contributed by atoms with Gasteiger partial charge in [-0.25, -0.2) is 0 Å². The Hall–Kier alpha value is -3.49. The Morgan fingerprint density at radius 2 is 1.72 bits per heavy atom. The quantitative estimate of drug-likeness (QED) is 0.168. The number of hydrogen-bond acceptors (Lipinski definition) is 6. The van der Waals surface area contributed by atoms with Gasteiger partial charge in [0.1, 0.15) is 6.61 Å². The van der Waals surface area contributed by atoms with E-state index in [1.54, 1.807) is 12.1 Å². The lowest BCUT2D eigenvalue weighted by Crippen LogP contribution is -2.48. The van der Waals surface area contributed by atoms with Gasteiger partial charge in [-0.1, -0.05) is 48.0 Å². The van der Waals surface area contributed by atoms with Gasteiger partial charge >= 0.3 is 11.9 Å². The minimum absolute atomic E-state index is 0.222. The minimum Gasteiger partial charge on any atom is -0.490 e. The summed E-state index contributed by atoms with van der Waals surface area (Å²) in [6, 6.07) is 18.8. The van der Waals surface area contributed by atoms with Crippen molar-refractivity contribution in [2.24, 2.45) is 5.92 Å². The number of aromatic amines is 1. The zero-order chi connectivity index (χ0) is 27.7. The average molecular weight is 613 g/mol. The number of rotatable bonds is 8. The molecule has 0 saturated carbocycles. The molecule has 0 spiro atoms. The molecule has 0 unspecified atom stereocenters. The zero-order valence-corrected chi connectivity index (χ0v) is 24.0. The molecule has 1 N–H and O–H groups in total. The lowest BCUT2D eigenvalue weighted by molar-refractivity contribution is -0.240. The van der Waals surface area contributed by atoms with E-state index in [-0.39, 0.29) is 6.61 Å². The van der Waals surface area contributed by atoms with E-state index in [9.17, 15) is 9.59 Å². The molecule has 5 rings (SSSR count). The van der Waals surface area contributed by atoms with E-state index < -0.39 is 29.6 Å². The summed E-state index contributed by atoms with van der Waals surface area (Å²) in [4.78, 5) is 29.9. The van der Waals surface area contributed by atoms with Crippen LogP contribution in [0.2, 0.25) is 5.02 Å². The Labute approximate surface area is 239 Å². The molecule has 39 heavy (non-hydrogen) atoms. The summed E-state index contributed by atoms with van der Waals surface area (Å²) in [6.07, 6.45) is 1.81. The molecule has 0 radical (unpaired) electrons. The van der Waals surface area contributed by atoms with Crippen LogP contribution in [0.1, 0.15) is 43.4 Å². The maximum absolute atomic E-state index is 13.3. The van der Waals surface area contributed by atoms with Crippen LogP contribution in [0.5, 0.6) is 11.5 Å². The fraction of sp³-hybridized carbons (Fsp3) is 0.267. The molecule has 1 aliphatic rings. The number of carbonyl (C=O) groups is 2. The summed E-state index contributed by atoms with van der Waals surface area (Å²) in [5.74, 6) is -3.67. The van der Waals surface area contributed by atoms with Gasteiger partial charge in [-0.05, 0) is 58.2 Å². The molecular weight excluding hydrogens is 586 g/mol. The first-order chi connectivity index (χ1) is 18.7. The topological polar surface area (TPSA) is 86.9 Å². The van der Waals surface area contributed by atoms with E-state index in [1.807, 2.05) is 61.7 Å². The number of aromatic nitrogens is 1. The first kappa shape index (κ1) is 27.1. The third-order valence-electron chi connectivity index (χ3n) is 6.51. The van der Waals surface area contributed by atoms with E-state index in [0.29, 0.717) is 33.2 Å². The number of hydrogen-bond donors (Lipinski definition) is 1. The largest absolute Gasteiger partial charge is 0.490 e. The Morgan fingerprint density at radius 3 is 2.44 bits per heavy atom. The molecular formula is C30H27BrClNO6. The highest BCUT2D eigenvalue weighted by atomic mass is 79.9. The van der Waals surface area contributed by atoms with Crippen LogP contribution in [-0.2, 0) is 25.7 Å². The maximum Gasteiger partial charge on any atom is 0.324 e. The number of esters is 2. The first-order valence-electron chi connectivity index (χ1n) is 12.5. The van der Waals surface area contributed by atoms with Gasteiger partial charge < -0.3 is 23.9 Å². The molecule has 9 heteroatoms. The SMILES string of the molecule is CCOc1cc([C@@H](c2c[nH]c3ccccc23)C2C(=O)OC(C)(C)OC2=O)cc(Br)c1OCc1ccccc1Cl. The second-order valence-electron chi connectivity index (χ2n) is 9.63. The van der Waals surface area contributed by atoms with Crippen molar-refractivity contribution in [2.75, 3.05) is 6.61 Å². The van der Waals surface area contributed by atoms with Gasteiger partial charge in [-0.2, -0.15) is 0 Å². The van der Waals surface area contributed by atoms with Crippen LogP contribution in [0, 0.1) is 5.92 Å². The highest BCUT2D eigenvalue weighted by Crippen LogP contribution is 2.46. The van der Waals surface area contributed by atoms with Crippen molar-refractivity contribution in [3.05, 3.63) is 93.0 Å². The van der Waals surface area contributed by atoms with Gasteiger partial charge in [0.25, 0.3) is 5.79 Å². The lowest BCUT2D eigenvalue weighted by Gasteiger charge is -2.36. The molecule has 1 atom stereocenters. The Kier molecular flexibility index (Phi) is 7.60. The summed E-state index contributed by atoms with van der Waals surface area (Å²) < 4.78 is 23.8. The number of H-pyrrole nitrogens is 1. The summed E-state index contributed by atoms with van der Waals surface area (Å²) >= 11 is 9.96. The van der Waals surface area contributed by atoms with Crippen molar-refractivity contribution in [3.8, 4) is 11.5 Å². The third kappa shape index (κ3) is 5.49. The van der Waals surface area contributed by atoms with E-state index in [2.05, 4.69) is 20.9 Å². The van der Waals surface area contributed by atoms with Crippen molar-refractivity contribution in [3.63, 3.8) is 0 Å². The van der Waals surface area contributed by atoms with Crippen LogP contribution in [0.3, 0.4) is 0 Å². The number of carbonyl (C=O) groups excluding carboxylic acids is 2. The average Bonchev–Trinajstić information content (AvgIpc) is 3.30. The molecule has 4 aromatic rings. The standard InChI is InChI=1S/C30H27BrClNO6/c1-4-36-24-14-18(13-21(31)27(24)37-16-17-9-5-7-11-22(17)32)25(20-15-33-23-12-8-6-10-19(20)23)26-28(34)38-30(2,3)39-29(26)35/h5-15,25-26,33H,4,16H2,1-3H3/t25-/m0/s1. The van der Waals surface area contributed by atoms with Crippen molar-refractivity contribution in [1.82, 2.24) is 4.98 Å². The lowest BCUT2D eigenvalue weighted by atomic mass is 9.80. The van der Waals surface area contributed by atoms with E-state index in [0.717, 1.165) is 22.0 Å². The van der Waals surface area contributed by atoms with E-state index in [1.165, 1.54) is 13.8 Å².